The molecule has 25 heavy (non-hydrogen) atoms. The molecule has 1 aromatic heterocycles. The first kappa shape index (κ1) is 16.9. The number of thioether (sulfide) groups is 1. The minimum Gasteiger partial charge on any atom is -0.323 e. The standard InChI is InChI=1S/C19H14FN3OS/c1-12-5-4-6-13-9-14(10-21)19(23-18(12)13)25-11-17(24)22-16-8-3-2-7-15(16)20/h2-9H,11H2,1H3,(H,22,24). The van der Waals surface area contributed by atoms with E-state index in [0.29, 0.717) is 10.6 Å². The average Bonchev–Trinajstić information content (AvgIpc) is 2.61. The molecule has 0 aliphatic heterocycles. The number of fused-ring (bicyclic) bond motifs is 1. The quantitative estimate of drug-likeness (QED) is 0.712. The molecular weight excluding hydrogens is 337 g/mol. The molecule has 1 N–H and O–H groups in total. The first-order valence-electron chi connectivity index (χ1n) is 7.56. The normalized spacial score (nSPS) is 10.4. The molecule has 0 radical (unpaired) electrons. The Morgan fingerprint density at radius 2 is 2.08 bits per heavy atom. The number of rotatable bonds is 4. The third kappa shape index (κ3) is 3.78. The highest BCUT2D eigenvalue weighted by Gasteiger charge is 2.12. The van der Waals surface area contributed by atoms with Crippen LogP contribution in [0.1, 0.15) is 11.1 Å². The van der Waals surface area contributed by atoms with Crippen molar-refractivity contribution < 1.29 is 9.18 Å². The number of carbonyl (C=O) groups is 1. The van der Waals surface area contributed by atoms with Crippen molar-refractivity contribution in [1.82, 2.24) is 4.98 Å². The summed E-state index contributed by atoms with van der Waals surface area (Å²) in [6.07, 6.45) is 0. The largest absolute Gasteiger partial charge is 0.323 e. The summed E-state index contributed by atoms with van der Waals surface area (Å²) in [5.41, 5.74) is 2.36. The van der Waals surface area contributed by atoms with Crippen LogP contribution < -0.4 is 5.32 Å². The van der Waals surface area contributed by atoms with Gasteiger partial charge in [0, 0.05) is 5.39 Å². The number of halogens is 1. The van der Waals surface area contributed by atoms with Crippen LogP contribution in [0.5, 0.6) is 0 Å². The van der Waals surface area contributed by atoms with Crippen LogP contribution in [0.15, 0.2) is 53.6 Å². The Hall–Kier alpha value is -2.91. The molecule has 4 nitrogen and oxygen atoms in total. The number of benzene rings is 2. The Morgan fingerprint density at radius 3 is 2.84 bits per heavy atom. The summed E-state index contributed by atoms with van der Waals surface area (Å²) in [5, 5.41) is 13.2. The van der Waals surface area contributed by atoms with Crippen molar-refractivity contribution in [1.29, 1.82) is 5.26 Å². The minimum absolute atomic E-state index is 0.0351. The lowest BCUT2D eigenvalue weighted by Crippen LogP contribution is -2.15. The van der Waals surface area contributed by atoms with Gasteiger partial charge in [0.15, 0.2) is 0 Å². The molecule has 2 aromatic carbocycles. The van der Waals surface area contributed by atoms with Crippen molar-refractivity contribution in [2.75, 3.05) is 11.1 Å². The number of carbonyl (C=O) groups excluding carboxylic acids is 1. The van der Waals surface area contributed by atoms with Gasteiger partial charge in [0.05, 0.1) is 22.5 Å². The summed E-state index contributed by atoms with van der Waals surface area (Å²) >= 11 is 1.16. The fourth-order valence-corrected chi connectivity index (χ4v) is 3.16. The van der Waals surface area contributed by atoms with Gasteiger partial charge in [-0.05, 0) is 30.7 Å². The second-order valence-electron chi connectivity index (χ2n) is 5.42. The monoisotopic (exact) mass is 351 g/mol. The zero-order valence-electron chi connectivity index (χ0n) is 13.4. The molecule has 0 saturated heterocycles. The van der Waals surface area contributed by atoms with E-state index in [1.54, 1.807) is 18.2 Å². The Labute approximate surface area is 148 Å². The lowest BCUT2D eigenvalue weighted by atomic mass is 10.1. The number of hydrogen-bond acceptors (Lipinski definition) is 4. The van der Waals surface area contributed by atoms with E-state index in [1.807, 2.05) is 25.1 Å². The predicted octanol–water partition coefficient (Wildman–Crippen LogP) is 4.28. The smallest absolute Gasteiger partial charge is 0.234 e. The van der Waals surface area contributed by atoms with Gasteiger partial charge in [-0.3, -0.25) is 4.79 Å². The zero-order chi connectivity index (χ0) is 17.8. The fourth-order valence-electron chi connectivity index (χ4n) is 2.40. The van der Waals surface area contributed by atoms with Crippen LogP contribution in [0.4, 0.5) is 10.1 Å². The van der Waals surface area contributed by atoms with Crippen LogP contribution in [-0.2, 0) is 4.79 Å². The number of aryl methyl sites for hydroxylation is 1. The van der Waals surface area contributed by atoms with Crippen LogP contribution >= 0.6 is 11.8 Å². The lowest BCUT2D eigenvalue weighted by Gasteiger charge is -2.08. The maximum absolute atomic E-state index is 13.6. The highest BCUT2D eigenvalue weighted by Crippen LogP contribution is 2.26. The van der Waals surface area contributed by atoms with Crippen LogP contribution in [0, 0.1) is 24.1 Å². The van der Waals surface area contributed by atoms with Crippen LogP contribution in [0.25, 0.3) is 10.9 Å². The van der Waals surface area contributed by atoms with Crippen molar-refractivity contribution in [3.8, 4) is 6.07 Å². The maximum Gasteiger partial charge on any atom is 0.234 e. The molecule has 3 rings (SSSR count). The number of hydrogen-bond donors (Lipinski definition) is 1. The zero-order valence-corrected chi connectivity index (χ0v) is 14.2. The van der Waals surface area contributed by atoms with Gasteiger partial charge in [0.1, 0.15) is 16.9 Å². The Bertz CT molecular complexity index is 998. The van der Waals surface area contributed by atoms with Crippen LogP contribution in [0.3, 0.4) is 0 Å². The van der Waals surface area contributed by atoms with E-state index in [4.69, 9.17) is 0 Å². The van der Waals surface area contributed by atoms with Gasteiger partial charge in [-0.25, -0.2) is 9.37 Å². The number of nitrogens with one attached hydrogen (secondary N) is 1. The van der Waals surface area contributed by atoms with Crippen LogP contribution in [0.2, 0.25) is 0 Å². The number of amides is 1. The highest BCUT2D eigenvalue weighted by atomic mass is 32.2. The molecule has 1 heterocycles. The van der Waals surface area contributed by atoms with Gasteiger partial charge < -0.3 is 5.32 Å². The molecule has 6 heteroatoms. The molecule has 0 atom stereocenters. The molecule has 0 saturated carbocycles. The van der Waals surface area contributed by atoms with E-state index < -0.39 is 5.82 Å². The minimum atomic E-state index is -0.488. The van der Waals surface area contributed by atoms with Crippen molar-refractivity contribution in [2.24, 2.45) is 0 Å². The molecule has 0 bridgehead atoms. The molecular formula is C19H14FN3OS. The fraction of sp³-hybridized carbons (Fsp3) is 0.105. The Kier molecular flexibility index (Phi) is 4.96. The summed E-state index contributed by atoms with van der Waals surface area (Å²) in [6.45, 7) is 1.95. The van der Waals surface area contributed by atoms with Gasteiger partial charge in [-0.2, -0.15) is 5.26 Å². The van der Waals surface area contributed by atoms with Crippen molar-refractivity contribution >= 4 is 34.3 Å². The summed E-state index contributed by atoms with van der Waals surface area (Å²) in [6, 6.07) is 15.6. The summed E-state index contributed by atoms with van der Waals surface area (Å²) in [5.74, 6) is -0.809. The number of aromatic nitrogens is 1. The van der Waals surface area contributed by atoms with Crippen LogP contribution in [-0.4, -0.2) is 16.6 Å². The van der Waals surface area contributed by atoms with Crippen molar-refractivity contribution in [3.63, 3.8) is 0 Å². The van der Waals surface area contributed by atoms with E-state index in [0.717, 1.165) is 28.2 Å². The maximum atomic E-state index is 13.6. The number of anilines is 1. The Morgan fingerprint density at radius 1 is 1.28 bits per heavy atom. The summed E-state index contributed by atoms with van der Waals surface area (Å²) in [4.78, 5) is 16.6. The molecule has 0 aliphatic carbocycles. The second-order valence-corrected chi connectivity index (χ2v) is 6.38. The first-order valence-corrected chi connectivity index (χ1v) is 8.54. The SMILES string of the molecule is Cc1cccc2cc(C#N)c(SCC(=O)Nc3ccccc3F)nc12. The van der Waals surface area contributed by atoms with Crippen molar-refractivity contribution in [2.45, 2.75) is 11.9 Å². The lowest BCUT2D eigenvalue weighted by molar-refractivity contribution is -0.113. The number of pyridine rings is 1. The van der Waals surface area contributed by atoms with Gasteiger partial charge in [-0.15, -0.1) is 0 Å². The van der Waals surface area contributed by atoms with E-state index in [-0.39, 0.29) is 17.3 Å². The number of para-hydroxylation sites is 2. The van der Waals surface area contributed by atoms with E-state index in [2.05, 4.69) is 16.4 Å². The van der Waals surface area contributed by atoms with E-state index >= 15 is 0 Å². The molecule has 3 aromatic rings. The molecule has 0 aliphatic rings. The topological polar surface area (TPSA) is 65.8 Å². The van der Waals surface area contributed by atoms with Crippen molar-refractivity contribution in [3.05, 3.63) is 65.5 Å². The summed E-state index contributed by atoms with van der Waals surface area (Å²) in [7, 11) is 0. The highest BCUT2D eigenvalue weighted by molar-refractivity contribution is 8.00. The Balaban J connectivity index is 1.78. The average molecular weight is 351 g/mol. The molecule has 1 amide bonds. The molecule has 0 fully saturated rings. The van der Waals surface area contributed by atoms with Gasteiger partial charge in [0.25, 0.3) is 0 Å². The van der Waals surface area contributed by atoms with E-state index in [9.17, 15) is 14.4 Å². The number of nitrogens with zero attached hydrogens (tertiary/aromatic N) is 2. The molecule has 124 valence electrons. The molecule has 0 spiro atoms. The third-order valence-corrected chi connectivity index (χ3v) is 4.61. The first-order chi connectivity index (χ1) is 12.1. The van der Waals surface area contributed by atoms with Gasteiger partial charge in [0.2, 0.25) is 5.91 Å². The third-order valence-electron chi connectivity index (χ3n) is 3.62. The molecule has 0 unspecified atom stereocenters. The number of nitriles is 1. The van der Waals surface area contributed by atoms with Gasteiger partial charge >= 0.3 is 0 Å². The second kappa shape index (κ2) is 7.32. The van der Waals surface area contributed by atoms with E-state index in [1.165, 1.54) is 12.1 Å². The van der Waals surface area contributed by atoms with Gasteiger partial charge in [-0.1, -0.05) is 42.1 Å². The predicted molar refractivity (Wildman–Crippen MR) is 96.9 cm³/mol. The summed E-state index contributed by atoms with van der Waals surface area (Å²) < 4.78 is 13.6.